The Bertz CT molecular complexity index is 460. The number of nitro benzene ring substituents is 1. The first-order chi connectivity index (χ1) is 9.40. The fraction of sp³-hybridized carbons (Fsp3) is 0.600. The number of nitro groups is 1. The van der Waals surface area contributed by atoms with Gasteiger partial charge in [-0.15, -0.1) is 0 Å². The minimum Gasteiger partial charge on any atom is -0.496 e. The van der Waals surface area contributed by atoms with Gasteiger partial charge in [0.05, 0.1) is 12.0 Å². The van der Waals surface area contributed by atoms with E-state index in [1.807, 2.05) is 7.05 Å². The van der Waals surface area contributed by atoms with E-state index in [4.69, 9.17) is 4.74 Å². The number of ether oxygens (including phenoxy) is 1. The Kier molecular flexibility index (Phi) is 5.95. The molecule has 0 bridgehead atoms. The maximum atomic E-state index is 10.9. The van der Waals surface area contributed by atoms with Gasteiger partial charge in [-0.05, 0) is 38.3 Å². The van der Waals surface area contributed by atoms with Gasteiger partial charge in [0.15, 0.2) is 0 Å². The van der Waals surface area contributed by atoms with Gasteiger partial charge >= 0.3 is 0 Å². The number of nitrogens with zero attached hydrogens (tertiary/aromatic N) is 1. The van der Waals surface area contributed by atoms with Crippen LogP contribution in [0.2, 0.25) is 0 Å². The first-order valence-corrected chi connectivity index (χ1v) is 6.89. The number of hydrogen-bond donors (Lipinski definition) is 1. The van der Waals surface area contributed by atoms with Gasteiger partial charge in [-0.2, -0.15) is 0 Å². The summed E-state index contributed by atoms with van der Waals surface area (Å²) in [5, 5.41) is 14.2. The second-order valence-electron chi connectivity index (χ2n) is 5.44. The van der Waals surface area contributed by atoms with Crippen molar-refractivity contribution < 1.29 is 9.66 Å². The Hall–Kier alpha value is -1.62. The van der Waals surface area contributed by atoms with Crippen molar-refractivity contribution in [2.24, 2.45) is 11.8 Å². The summed E-state index contributed by atoms with van der Waals surface area (Å²) >= 11 is 0. The zero-order chi connectivity index (χ0) is 15.3. The third-order valence-corrected chi connectivity index (χ3v) is 3.88. The third kappa shape index (κ3) is 3.93. The Morgan fingerprint density at radius 2 is 2.00 bits per heavy atom. The standard InChI is InChI=1S/C15H24N2O3/c1-10(2)14(11(3)16-4)9-12-8-13(17(18)19)6-7-15(12)20-5/h6-8,10-11,14,16H,9H2,1-5H3. The van der Waals surface area contributed by atoms with E-state index in [2.05, 4.69) is 26.1 Å². The first-order valence-electron chi connectivity index (χ1n) is 6.89. The van der Waals surface area contributed by atoms with Crippen molar-refractivity contribution in [3.05, 3.63) is 33.9 Å². The lowest BCUT2D eigenvalue weighted by Gasteiger charge is -2.27. The first kappa shape index (κ1) is 16.4. The number of non-ortho nitro benzene ring substituents is 1. The Labute approximate surface area is 120 Å². The molecule has 5 heteroatoms. The highest BCUT2D eigenvalue weighted by molar-refractivity contribution is 5.44. The molecule has 0 aliphatic carbocycles. The predicted octanol–water partition coefficient (Wildman–Crippen LogP) is 3.03. The SMILES string of the molecule is CNC(C)C(Cc1cc([N+](=O)[O-])ccc1OC)C(C)C. The van der Waals surface area contributed by atoms with E-state index >= 15 is 0 Å². The molecule has 1 aromatic rings. The van der Waals surface area contributed by atoms with Crippen LogP contribution in [0.15, 0.2) is 18.2 Å². The van der Waals surface area contributed by atoms with Crippen molar-refractivity contribution in [2.75, 3.05) is 14.2 Å². The molecule has 112 valence electrons. The van der Waals surface area contributed by atoms with Gasteiger partial charge in [0.1, 0.15) is 5.75 Å². The van der Waals surface area contributed by atoms with Gasteiger partial charge < -0.3 is 10.1 Å². The van der Waals surface area contributed by atoms with Crippen molar-refractivity contribution in [1.82, 2.24) is 5.32 Å². The van der Waals surface area contributed by atoms with Gasteiger partial charge in [0.25, 0.3) is 5.69 Å². The van der Waals surface area contributed by atoms with E-state index in [-0.39, 0.29) is 10.6 Å². The fourth-order valence-electron chi connectivity index (χ4n) is 2.50. The van der Waals surface area contributed by atoms with Crippen LogP contribution in [0.3, 0.4) is 0 Å². The Morgan fingerprint density at radius 1 is 1.35 bits per heavy atom. The quantitative estimate of drug-likeness (QED) is 0.616. The van der Waals surface area contributed by atoms with E-state index < -0.39 is 0 Å². The number of hydrogen-bond acceptors (Lipinski definition) is 4. The molecule has 0 saturated carbocycles. The van der Waals surface area contributed by atoms with E-state index in [0.29, 0.717) is 23.6 Å². The zero-order valence-electron chi connectivity index (χ0n) is 12.8. The summed E-state index contributed by atoms with van der Waals surface area (Å²) in [4.78, 5) is 10.5. The molecule has 1 N–H and O–H groups in total. The van der Waals surface area contributed by atoms with Crippen molar-refractivity contribution in [1.29, 1.82) is 0 Å². The fourth-order valence-corrected chi connectivity index (χ4v) is 2.50. The molecule has 0 amide bonds. The highest BCUT2D eigenvalue weighted by Gasteiger charge is 2.22. The average molecular weight is 280 g/mol. The summed E-state index contributed by atoms with van der Waals surface area (Å²) in [6.07, 6.45) is 0.754. The summed E-state index contributed by atoms with van der Waals surface area (Å²) in [5.41, 5.74) is 1.00. The van der Waals surface area contributed by atoms with Crippen molar-refractivity contribution in [3.8, 4) is 5.75 Å². The van der Waals surface area contributed by atoms with Crippen LogP contribution >= 0.6 is 0 Å². The highest BCUT2D eigenvalue weighted by Crippen LogP contribution is 2.29. The molecular formula is C15H24N2O3. The molecule has 2 atom stereocenters. The van der Waals surface area contributed by atoms with Crippen LogP contribution in [0.4, 0.5) is 5.69 Å². The van der Waals surface area contributed by atoms with Crippen molar-refractivity contribution >= 4 is 5.69 Å². The van der Waals surface area contributed by atoms with E-state index in [0.717, 1.165) is 12.0 Å². The molecular weight excluding hydrogens is 256 g/mol. The Balaban J connectivity index is 3.09. The minimum atomic E-state index is -0.366. The monoisotopic (exact) mass is 280 g/mol. The summed E-state index contributed by atoms with van der Waals surface area (Å²) < 4.78 is 5.33. The van der Waals surface area contributed by atoms with E-state index in [9.17, 15) is 10.1 Å². The molecule has 0 heterocycles. The average Bonchev–Trinajstić information content (AvgIpc) is 2.43. The van der Waals surface area contributed by atoms with E-state index in [1.165, 1.54) is 6.07 Å². The third-order valence-electron chi connectivity index (χ3n) is 3.88. The van der Waals surface area contributed by atoms with Gasteiger partial charge in [0, 0.05) is 23.7 Å². The molecule has 20 heavy (non-hydrogen) atoms. The van der Waals surface area contributed by atoms with Crippen LogP contribution in [-0.2, 0) is 6.42 Å². The topological polar surface area (TPSA) is 64.4 Å². The lowest BCUT2D eigenvalue weighted by molar-refractivity contribution is -0.384. The lowest BCUT2D eigenvalue weighted by Crippen LogP contribution is -2.35. The molecule has 0 aliphatic heterocycles. The smallest absolute Gasteiger partial charge is 0.269 e. The lowest BCUT2D eigenvalue weighted by atomic mass is 9.83. The zero-order valence-corrected chi connectivity index (χ0v) is 12.8. The normalized spacial score (nSPS) is 14.1. The molecule has 0 aromatic heterocycles. The number of benzene rings is 1. The van der Waals surface area contributed by atoms with Gasteiger partial charge in [-0.25, -0.2) is 0 Å². The van der Waals surface area contributed by atoms with Crippen LogP contribution in [-0.4, -0.2) is 25.1 Å². The van der Waals surface area contributed by atoms with Crippen LogP contribution in [0.1, 0.15) is 26.3 Å². The van der Waals surface area contributed by atoms with Crippen LogP contribution < -0.4 is 10.1 Å². The van der Waals surface area contributed by atoms with Gasteiger partial charge in [-0.1, -0.05) is 13.8 Å². The predicted molar refractivity (Wildman–Crippen MR) is 80.2 cm³/mol. The molecule has 1 rings (SSSR count). The second kappa shape index (κ2) is 7.24. The van der Waals surface area contributed by atoms with Gasteiger partial charge in [0.2, 0.25) is 0 Å². The Morgan fingerprint density at radius 3 is 2.45 bits per heavy atom. The summed E-state index contributed by atoms with van der Waals surface area (Å²) in [6.45, 7) is 6.47. The summed E-state index contributed by atoms with van der Waals surface area (Å²) in [5.74, 6) is 1.57. The molecule has 5 nitrogen and oxygen atoms in total. The maximum absolute atomic E-state index is 10.9. The molecule has 0 spiro atoms. The highest BCUT2D eigenvalue weighted by atomic mass is 16.6. The molecule has 0 fully saturated rings. The molecule has 2 unspecified atom stereocenters. The molecule has 0 saturated heterocycles. The van der Waals surface area contributed by atoms with Crippen molar-refractivity contribution in [2.45, 2.75) is 33.2 Å². The number of nitrogens with one attached hydrogen (secondary N) is 1. The number of rotatable bonds is 7. The van der Waals surface area contributed by atoms with Crippen LogP contribution in [0, 0.1) is 22.0 Å². The maximum Gasteiger partial charge on any atom is 0.269 e. The van der Waals surface area contributed by atoms with E-state index in [1.54, 1.807) is 19.2 Å². The summed E-state index contributed by atoms with van der Waals surface area (Å²) in [7, 11) is 3.53. The van der Waals surface area contributed by atoms with Crippen molar-refractivity contribution in [3.63, 3.8) is 0 Å². The summed E-state index contributed by atoms with van der Waals surface area (Å²) in [6, 6.07) is 5.11. The molecule has 1 aromatic carbocycles. The number of methoxy groups -OCH3 is 1. The van der Waals surface area contributed by atoms with Gasteiger partial charge in [-0.3, -0.25) is 10.1 Å². The largest absolute Gasteiger partial charge is 0.496 e. The van der Waals surface area contributed by atoms with Crippen LogP contribution in [0.25, 0.3) is 0 Å². The minimum absolute atomic E-state index is 0.111. The molecule has 0 radical (unpaired) electrons. The van der Waals surface area contributed by atoms with Crippen LogP contribution in [0.5, 0.6) is 5.75 Å². The molecule has 0 aliphatic rings. The second-order valence-corrected chi connectivity index (χ2v) is 5.44.